The van der Waals surface area contributed by atoms with Crippen molar-refractivity contribution in [1.29, 1.82) is 0 Å². The monoisotopic (exact) mass is 244 g/mol. The molecule has 1 aliphatic heterocycles. The molecule has 1 unspecified atom stereocenters. The van der Waals surface area contributed by atoms with Crippen molar-refractivity contribution in [2.45, 2.75) is 32.4 Å². The topological polar surface area (TPSA) is 46.3 Å². The van der Waals surface area contributed by atoms with Gasteiger partial charge in [-0.15, -0.1) is 0 Å². The maximum Gasteiger partial charge on any atom is 0.227 e. The molecule has 1 rings (SSSR count). The smallest absolute Gasteiger partial charge is 0.227 e. The molecule has 0 aromatic carbocycles. The van der Waals surface area contributed by atoms with Gasteiger partial charge < -0.3 is 10.6 Å². The second-order valence-corrected chi connectivity index (χ2v) is 7.26. The van der Waals surface area contributed by atoms with Crippen molar-refractivity contribution < 1.29 is 4.79 Å². The Balaban J connectivity index is 2.66. The van der Waals surface area contributed by atoms with E-state index < -0.39 is 0 Å². The molecule has 1 aliphatic rings. The molecule has 4 heteroatoms. The van der Waals surface area contributed by atoms with E-state index in [0.29, 0.717) is 12.5 Å². The van der Waals surface area contributed by atoms with Gasteiger partial charge in [0, 0.05) is 30.1 Å². The summed E-state index contributed by atoms with van der Waals surface area (Å²) in [5.74, 6) is 1.59. The zero-order valence-electron chi connectivity index (χ0n) is 10.8. The molecule has 0 radical (unpaired) electrons. The number of hydrogen-bond acceptors (Lipinski definition) is 3. The Labute approximate surface area is 103 Å². The second-order valence-electron chi connectivity index (χ2n) is 5.45. The number of carbonyl (C=O) groups is 1. The Hall–Kier alpha value is -0.220. The average Bonchev–Trinajstić information content (AvgIpc) is 2.16. The first-order chi connectivity index (χ1) is 7.37. The van der Waals surface area contributed by atoms with Crippen LogP contribution in [0.25, 0.3) is 0 Å². The van der Waals surface area contributed by atoms with E-state index in [2.05, 4.69) is 27.7 Å². The van der Waals surface area contributed by atoms with Crippen LogP contribution in [0.1, 0.15) is 27.7 Å². The molecule has 0 saturated carbocycles. The third-order valence-electron chi connectivity index (χ3n) is 3.11. The molecule has 0 aromatic rings. The van der Waals surface area contributed by atoms with Crippen LogP contribution >= 0.6 is 11.8 Å². The maximum atomic E-state index is 12.3. The molecule has 0 aromatic heterocycles. The molecule has 1 atom stereocenters. The summed E-state index contributed by atoms with van der Waals surface area (Å²) >= 11 is 1.94. The molecular weight excluding hydrogens is 220 g/mol. The van der Waals surface area contributed by atoms with Crippen LogP contribution in [0.2, 0.25) is 0 Å². The van der Waals surface area contributed by atoms with Crippen LogP contribution < -0.4 is 5.73 Å². The fraction of sp³-hybridized carbons (Fsp3) is 0.917. The summed E-state index contributed by atoms with van der Waals surface area (Å²) < 4.78 is 0.185. The number of amides is 1. The highest BCUT2D eigenvalue weighted by Gasteiger charge is 2.33. The van der Waals surface area contributed by atoms with E-state index >= 15 is 0 Å². The number of rotatable bonds is 3. The van der Waals surface area contributed by atoms with Crippen LogP contribution in [-0.4, -0.2) is 40.9 Å². The van der Waals surface area contributed by atoms with Crippen molar-refractivity contribution in [2.75, 3.05) is 25.4 Å². The van der Waals surface area contributed by atoms with E-state index in [9.17, 15) is 4.79 Å². The number of hydrogen-bond donors (Lipinski definition) is 1. The van der Waals surface area contributed by atoms with Gasteiger partial charge in [-0.05, 0) is 19.8 Å². The van der Waals surface area contributed by atoms with E-state index in [1.54, 1.807) is 0 Å². The van der Waals surface area contributed by atoms with Gasteiger partial charge in [0.25, 0.3) is 0 Å². The molecule has 0 spiro atoms. The third kappa shape index (κ3) is 3.39. The Morgan fingerprint density at radius 1 is 1.50 bits per heavy atom. The molecule has 0 aliphatic carbocycles. The molecule has 2 N–H and O–H groups in total. The summed E-state index contributed by atoms with van der Waals surface area (Å²) in [6, 6.07) is 0. The van der Waals surface area contributed by atoms with Crippen LogP contribution in [0.4, 0.5) is 0 Å². The largest absolute Gasteiger partial charge is 0.340 e. The number of carbonyl (C=O) groups excluding carboxylic acids is 1. The highest BCUT2D eigenvalue weighted by atomic mass is 32.2. The third-order valence-corrected chi connectivity index (χ3v) is 4.41. The predicted molar refractivity (Wildman–Crippen MR) is 70.5 cm³/mol. The van der Waals surface area contributed by atoms with Gasteiger partial charge >= 0.3 is 0 Å². The summed E-state index contributed by atoms with van der Waals surface area (Å²) in [7, 11) is 0. The van der Waals surface area contributed by atoms with E-state index in [-0.39, 0.29) is 16.6 Å². The molecule has 16 heavy (non-hydrogen) atoms. The summed E-state index contributed by atoms with van der Waals surface area (Å²) in [5, 5.41) is 0. The van der Waals surface area contributed by atoms with E-state index in [4.69, 9.17) is 5.73 Å². The standard InChI is InChI=1S/C12H24N2OS/c1-9(2)10(7-13)11(15)14-5-6-16-12(3,4)8-14/h9-10H,5-8,13H2,1-4H3. The van der Waals surface area contributed by atoms with Crippen LogP contribution in [0, 0.1) is 11.8 Å². The number of thioether (sulfide) groups is 1. The van der Waals surface area contributed by atoms with Crippen LogP contribution in [0.3, 0.4) is 0 Å². The minimum atomic E-state index is -0.0149. The number of nitrogens with two attached hydrogens (primary N) is 1. The molecule has 1 heterocycles. The van der Waals surface area contributed by atoms with Gasteiger partial charge in [0.2, 0.25) is 5.91 Å². The Kier molecular flexibility index (Phi) is 4.68. The Bertz CT molecular complexity index is 253. The van der Waals surface area contributed by atoms with Gasteiger partial charge in [-0.1, -0.05) is 13.8 Å². The fourth-order valence-corrected chi connectivity index (χ4v) is 3.21. The summed E-state index contributed by atoms with van der Waals surface area (Å²) in [4.78, 5) is 14.3. The lowest BCUT2D eigenvalue weighted by Crippen LogP contribution is -2.50. The molecule has 1 amide bonds. The summed E-state index contributed by atoms with van der Waals surface area (Å²) in [6.45, 7) is 10.7. The first-order valence-corrected chi connectivity index (χ1v) is 6.99. The lowest BCUT2D eigenvalue weighted by molar-refractivity contribution is -0.136. The lowest BCUT2D eigenvalue weighted by Gasteiger charge is -2.39. The highest BCUT2D eigenvalue weighted by molar-refractivity contribution is 8.00. The normalized spacial score (nSPS) is 22.2. The van der Waals surface area contributed by atoms with Crippen molar-refractivity contribution in [1.82, 2.24) is 4.90 Å². The van der Waals surface area contributed by atoms with Crippen LogP contribution in [0.15, 0.2) is 0 Å². The molecule has 0 bridgehead atoms. The number of nitrogens with zero attached hydrogens (tertiary/aromatic N) is 1. The van der Waals surface area contributed by atoms with Gasteiger partial charge in [-0.2, -0.15) is 11.8 Å². The zero-order valence-corrected chi connectivity index (χ0v) is 11.6. The van der Waals surface area contributed by atoms with Crippen molar-refractivity contribution in [3.8, 4) is 0 Å². The second kappa shape index (κ2) is 5.41. The fourth-order valence-electron chi connectivity index (χ4n) is 2.10. The van der Waals surface area contributed by atoms with Gasteiger partial charge in [-0.25, -0.2) is 0 Å². The molecule has 3 nitrogen and oxygen atoms in total. The van der Waals surface area contributed by atoms with Crippen molar-refractivity contribution in [3.63, 3.8) is 0 Å². The Morgan fingerprint density at radius 2 is 2.12 bits per heavy atom. The molecule has 94 valence electrons. The van der Waals surface area contributed by atoms with E-state index in [1.165, 1.54) is 0 Å². The minimum Gasteiger partial charge on any atom is -0.340 e. The zero-order chi connectivity index (χ0) is 12.3. The van der Waals surface area contributed by atoms with Gasteiger partial charge in [0.15, 0.2) is 0 Å². The quantitative estimate of drug-likeness (QED) is 0.820. The predicted octanol–water partition coefficient (Wildman–Crippen LogP) is 1.57. The van der Waals surface area contributed by atoms with Crippen LogP contribution in [0.5, 0.6) is 0 Å². The van der Waals surface area contributed by atoms with E-state index in [0.717, 1.165) is 18.8 Å². The summed E-state index contributed by atoms with van der Waals surface area (Å²) in [6.07, 6.45) is 0. The van der Waals surface area contributed by atoms with Crippen molar-refractivity contribution in [3.05, 3.63) is 0 Å². The first kappa shape index (κ1) is 13.8. The molecule has 1 fully saturated rings. The highest BCUT2D eigenvalue weighted by Crippen LogP contribution is 2.30. The average molecular weight is 244 g/mol. The Morgan fingerprint density at radius 3 is 2.56 bits per heavy atom. The molecule has 1 saturated heterocycles. The molecular formula is C12H24N2OS. The first-order valence-electron chi connectivity index (χ1n) is 6.00. The summed E-state index contributed by atoms with van der Waals surface area (Å²) in [5.41, 5.74) is 5.70. The van der Waals surface area contributed by atoms with E-state index in [1.807, 2.05) is 16.7 Å². The minimum absolute atomic E-state index is 0.0149. The lowest BCUT2D eigenvalue weighted by atomic mass is 9.94. The van der Waals surface area contributed by atoms with Gasteiger partial charge in [-0.3, -0.25) is 4.79 Å². The van der Waals surface area contributed by atoms with Crippen molar-refractivity contribution in [2.24, 2.45) is 17.6 Å². The van der Waals surface area contributed by atoms with Crippen LogP contribution in [-0.2, 0) is 4.79 Å². The van der Waals surface area contributed by atoms with Crippen molar-refractivity contribution >= 4 is 17.7 Å². The van der Waals surface area contributed by atoms with Gasteiger partial charge in [0.05, 0.1) is 5.92 Å². The SMILES string of the molecule is CC(C)C(CN)C(=O)N1CCSC(C)(C)C1. The maximum absolute atomic E-state index is 12.3. The van der Waals surface area contributed by atoms with Gasteiger partial charge in [0.1, 0.15) is 0 Å².